The molecule has 1 aliphatic heterocycles. The summed E-state index contributed by atoms with van der Waals surface area (Å²) in [6.07, 6.45) is 1.80. The fourth-order valence-electron chi connectivity index (χ4n) is 3.39. The molecule has 3 N–H and O–H groups in total. The second-order valence-electron chi connectivity index (χ2n) is 6.42. The number of anilines is 1. The van der Waals surface area contributed by atoms with Crippen LogP contribution in [0, 0.1) is 18.8 Å². The van der Waals surface area contributed by atoms with Crippen LogP contribution in [0.25, 0.3) is 11.3 Å². The van der Waals surface area contributed by atoms with Crippen LogP contribution in [0.15, 0.2) is 29.3 Å². The van der Waals surface area contributed by atoms with Crippen LogP contribution in [0.4, 0.5) is 5.82 Å². The highest BCUT2D eigenvalue weighted by molar-refractivity contribution is 6.31. The molecular weight excluding hydrogens is 326 g/mol. The number of ether oxygens (including phenoxy) is 1. The Bertz CT molecular complexity index is 804. The normalized spacial score (nSPS) is 25.2. The highest BCUT2D eigenvalue weighted by Gasteiger charge is 2.53. The number of pyridine rings is 1. The number of nitrogens with two attached hydrogens (primary N) is 1. The van der Waals surface area contributed by atoms with E-state index in [1.807, 2.05) is 19.1 Å². The highest BCUT2D eigenvalue weighted by Crippen LogP contribution is 2.46. The Morgan fingerprint density at radius 3 is 2.75 bits per heavy atom. The van der Waals surface area contributed by atoms with Crippen molar-refractivity contribution in [1.82, 2.24) is 4.98 Å². The molecule has 5 nitrogen and oxygen atoms in total. The van der Waals surface area contributed by atoms with E-state index >= 15 is 0 Å². The van der Waals surface area contributed by atoms with Gasteiger partial charge in [-0.3, -0.25) is 4.99 Å². The van der Waals surface area contributed by atoms with E-state index in [2.05, 4.69) is 9.98 Å². The molecule has 1 aromatic carbocycles. The van der Waals surface area contributed by atoms with E-state index in [4.69, 9.17) is 22.1 Å². The number of phenols is 1. The minimum Gasteiger partial charge on any atom is -0.507 e. The topological polar surface area (TPSA) is 80.7 Å². The number of hydrogen-bond acceptors (Lipinski definition) is 5. The number of aryl methyl sites for hydroxylation is 1. The summed E-state index contributed by atoms with van der Waals surface area (Å²) >= 11 is 5.95. The largest absolute Gasteiger partial charge is 0.507 e. The molecule has 1 saturated carbocycles. The van der Waals surface area contributed by atoms with Crippen LogP contribution in [-0.2, 0) is 4.74 Å². The maximum Gasteiger partial charge on any atom is 0.132 e. The quantitative estimate of drug-likeness (QED) is 0.839. The first-order valence-electron chi connectivity index (χ1n) is 7.91. The zero-order valence-electron chi connectivity index (χ0n) is 13.2. The van der Waals surface area contributed by atoms with Crippen LogP contribution in [0.1, 0.15) is 11.1 Å². The van der Waals surface area contributed by atoms with Crippen LogP contribution in [0.5, 0.6) is 5.75 Å². The third kappa shape index (κ3) is 2.64. The Balaban J connectivity index is 1.60. The fraction of sp³-hybridized carbons (Fsp3) is 0.333. The second kappa shape index (κ2) is 5.76. The number of benzene rings is 1. The van der Waals surface area contributed by atoms with E-state index in [9.17, 15) is 5.11 Å². The molecule has 0 spiro atoms. The van der Waals surface area contributed by atoms with Crippen LogP contribution >= 0.6 is 11.6 Å². The van der Waals surface area contributed by atoms with E-state index in [0.717, 1.165) is 24.3 Å². The van der Waals surface area contributed by atoms with Crippen LogP contribution < -0.4 is 5.73 Å². The average Bonchev–Trinajstić information content (AvgIpc) is 2.95. The van der Waals surface area contributed by atoms with E-state index < -0.39 is 0 Å². The van der Waals surface area contributed by atoms with Crippen LogP contribution in [-0.4, -0.2) is 35.6 Å². The number of halogens is 1. The van der Waals surface area contributed by atoms with Crippen molar-refractivity contribution >= 4 is 23.6 Å². The van der Waals surface area contributed by atoms with Gasteiger partial charge in [0.15, 0.2) is 0 Å². The van der Waals surface area contributed by atoms with Crippen molar-refractivity contribution in [2.75, 3.05) is 18.9 Å². The minimum absolute atomic E-state index is 0.0964. The van der Waals surface area contributed by atoms with Gasteiger partial charge < -0.3 is 15.6 Å². The molecule has 2 fully saturated rings. The number of fused-ring (bicyclic) bond motifs is 1. The molecule has 1 aliphatic carbocycles. The third-order valence-electron chi connectivity index (χ3n) is 4.79. The molecule has 2 heterocycles. The molecular formula is C18H18ClN3O2. The van der Waals surface area contributed by atoms with Gasteiger partial charge in [0.2, 0.25) is 0 Å². The lowest BCUT2D eigenvalue weighted by molar-refractivity contribution is 0.161. The van der Waals surface area contributed by atoms with Gasteiger partial charge in [-0.05, 0) is 36.8 Å². The van der Waals surface area contributed by atoms with Crippen molar-refractivity contribution in [3.05, 3.63) is 40.4 Å². The summed E-state index contributed by atoms with van der Waals surface area (Å²) in [5.41, 5.74) is 8.97. The van der Waals surface area contributed by atoms with Gasteiger partial charge in [-0.2, -0.15) is 0 Å². The summed E-state index contributed by atoms with van der Waals surface area (Å²) in [7, 11) is 0. The number of nitrogens with zero attached hydrogens (tertiary/aromatic N) is 2. The Hall–Kier alpha value is -2.11. The van der Waals surface area contributed by atoms with Gasteiger partial charge >= 0.3 is 0 Å². The number of rotatable bonds is 3. The van der Waals surface area contributed by atoms with Crippen LogP contribution in [0.2, 0.25) is 5.02 Å². The first-order valence-corrected chi connectivity index (χ1v) is 8.29. The number of aromatic nitrogens is 1. The monoisotopic (exact) mass is 343 g/mol. The molecule has 2 aliphatic rings. The molecule has 24 heavy (non-hydrogen) atoms. The maximum absolute atomic E-state index is 10.2. The van der Waals surface area contributed by atoms with Crippen molar-refractivity contribution in [3.63, 3.8) is 0 Å². The van der Waals surface area contributed by atoms with Crippen LogP contribution in [0.3, 0.4) is 0 Å². The lowest BCUT2D eigenvalue weighted by Crippen LogP contribution is -2.02. The Morgan fingerprint density at radius 1 is 1.33 bits per heavy atom. The molecule has 1 aromatic heterocycles. The van der Waals surface area contributed by atoms with Gasteiger partial charge in [-0.1, -0.05) is 11.6 Å². The smallest absolute Gasteiger partial charge is 0.132 e. The first-order chi connectivity index (χ1) is 11.5. The van der Waals surface area contributed by atoms with Crippen molar-refractivity contribution in [3.8, 4) is 17.0 Å². The second-order valence-corrected chi connectivity index (χ2v) is 6.86. The molecule has 4 rings (SSSR count). The Kier molecular flexibility index (Phi) is 3.70. The standard InChI is InChI=1S/C18H18ClN3O2/c1-9-4-11(19)5-15(23)16(9)14-3-2-10(18(20)22-14)6-21-17-12-7-24-8-13(12)17/h2-6,12-13,17,23H,7-8H2,1H3,(H2,20,22). The van der Waals surface area contributed by atoms with Gasteiger partial charge in [0, 0.05) is 34.2 Å². The molecule has 6 heteroatoms. The van der Waals surface area contributed by atoms with Crippen molar-refractivity contribution < 1.29 is 9.84 Å². The summed E-state index contributed by atoms with van der Waals surface area (Å²) in [6.45, 7) is 3.50. The van der Waals surface area contributed by atoms with E-state index in [-0.39, 0.29) is 5.75 Å². The van der Waals surface area contributed by atoms with Crippen molar-refractivity contribution in [2.24, 2.45) is 16.8 Å². The first kappa shape index (κ1) is 15.4. The van der Waals surface area contributed by atoms with Gasteiger partial charge in [-0.25, -0.2) is 4.98 Å². The maximum atomic E-state index is 10.2. The van der Waals surface area contributed by atoms with Gasteiger partial charge in [-0.15, -0.1) is 0 Å². The Labute approximate surface area is 145 Å². The van der Waals surface area contributed by atoms with Gasteiger partial charge in [0.05, 0.1) is 24.9 Å². The molecule has 2 unspecified atom stereocenters. The number of aromatic hydroxyl groups is 1. The van der Waals surface area contributed by atoms with Crippen molar-refractivity contribution in [2.45, 2.75) is 13.0 Å². The zero-order chi connectivity index (χ0) is 16.8. The number of nitrogen functional groups attached to an aromatic ring is 1. The third-order valence-corrected chi connectivity index (χ3v) is 5.00. The molecule has 0 radical (unpaired) electrons. The summed E-state index contributed by atoms with van der Waals surface area (Å²) < 4.78 is 5.36. The summed E-state index contributed by atoms with van der Waals surface area (Å²) in [6, 6.07) is 7.37. The van der Waals surface area contributed by atoms with Gasteiger partial charge in [0.25, 0.3) is 0 Å². The summed E-state index contributed by atoms with van der Waals surface area (Å²) in [5.74, 6) is 1.64. The average molecular weight is 344 g/mol. The molecule has 2 aromatic rings. The zero-order valence-corrected chi connectivity index (χ0v) is 14.0. The Morgan fingerprint density at radius 2 is 2.08 bits per heavy atom. The lowest BCUT2D eigenvalue weighted by atomic mass is 10.0. The minimum atomic E-state index is 0.0964. The molecule has 124 valence electrons. The summed E-state index contributed by atoms with van der Waals surface area (Å²) in [5, 5.41) is 10.6. The predicted octanol–water partition coefficient (Wildman–Crippen LogP) is 3.06. The highest BCUT2D eigenvalue weighted by atomic mass is 35.5. The number of phenolic OH excluding ortho intramolecular Hbond substituents is 1. The lowest BCUT2D eigenvalue weighted by Gasteiger charge is -2.10. The fourth-order valence-corrected chi connectivity index (χ4v) is 3.66. The van der Waals surface area contributed by atoms with E-state index in [0.29, 0.717) is 40.0 Å². The number of hydrogen-bond donors (Lipinski definition) is 2. The molecule has 1 saturated heterocycles. The predicted molar refractivity (Wildman–Crippen MR) is 94.7 cm³/mol. The summed E-state index contributed by atoms with van der Waals surface area (Å²) in [4.78, 5) is 9.03. The van der Waals surface area contributed by atoms with Crippen molar-refractivity contribution in [1.29, 1.82) is 0 Å². The SMILES string of the molecule is Cc1cc(Cl)cc(O)c1-c1ccc(C=NC2C3COCC32)c(N)n1. The van der Waals surface area contributed by atoms with E-state index in [1.54, 1.807) is 12.3 Å². The molecule has 2 atom stereocenters. The molecule has 0 bridgehead atoms. The molecule has 0 amide bonds. The van der Waals surface area contributed by atoms with E-state index in [1.165, 1.54) is 6.07 Å². The van der Waals surface area contributed by atoms with Gasteiger partial charge in [0.1, 0.15) is 11.6 Å². The number of aliphatic imine (C=N–C) groups is 1.